The second-order valence-electron chi connectivity index (χ2n) is 5.52. The van der Waals surface area contributed by atoms with Crippen LogP contribution in [-0.4, -0.2) is 23.6 Å². The van der Waals surface area contributed by atoms with Crippen LogP contribution in [0.4, 0.5) is 10.5 Å². The quantitative estimate of drug-likeness (QED) is 0.672. The molecule has 3 nitrogen and oxygen atoms in total. The van der Waals surface area contributed by atoms with Crippen molar-refractivity contribution >= 4 is 23.4 Å². The monoisotopic (exact) mass is 267 g/mol. The molecule has 98 valence electrons. The van der Waals surface area contributed by atoms with Crippen LogP contribution in [0.3, 0.4) is 0 Å². The first-order valence-electron chi connectivity index (χ1n) is 6.09. The van der Waals surface area contributed by atoms with E-state index in [-0.39, 0.29) is 11.5 Å². The highest BCUT2D eigenvalue weighted by Crippen LogP contribution is 2.30. The molecule has 0 aliphatic carbocycles. The smallest absolute Gasteiger partial charge is 0.414 e. The zero-order chi connectivity index (χ0) is 13.3. The number of carbonyl (C=O) groups is 1. The summed E-state index contributed by atoms with van der Waals surface area (Å²) in [6, 6.07) is 7.81. The van der Waals surface area contributed by atoms with Gasteiger partial charge in [0, 0.05) is 6.54 Å². The summed E-state index contributed by atoms with van der Waals surface area (Å²) in [7, 11) is 0. The fraction of sp³-hybridized carbons (Fsp3) is 0.500. The van der Waals surface area contributed by atoms with Gasteiger partial charge in [0.05, 0.1) is 11.1 Å². The topological polar surface area (TPSA) is 29.5 Å². The number of anilines is 1. The Labute approximate surface area is 113 Å². The third-order valence-electron chi connectivity index (χ3n) is 2.72. The number of halogens is 1. The van der Waals surface area contributed by atoms with Gasteiger partial charge in [-0.05, 0) is 38.8 Å². The van der Waals surface area contributed by atoms with Crippen LogP contribution in [0, 0.1) is 0 Å². The molecule has 1 unspecified atom stereocenters. The largest absolute Gasteiger partial charge is 0.443 e. The van der Waals surface area contributed by atoms with Crippen molar-refractivity contribution in [2.24, 2.45) is 0 Å². The SMILES string of the molecule is CC(C)(C)OC(=O)N1CC(Cl)Cc2ccccc21. The number of amides is 1. The molecule has 0 spiro atoms. The number of hydrogen-bond acceptors (Lipinski definition) is 2. The van der Waals surface area contributed by atoms with Gasteiger partial charge >= 0.3 is 6.09 Å². The van der Waals surface area contributed by atoms with Gasteiger partial charge in [0.1, 0.15) is 5.60 Å². The molecule has 0 bridgehead atoms. The van der Waals surface area contributed by atoms with E-state index in [0.29, 0.717) is 6.54 Å². The van der Waals surface area contributed by atoms with Crippen molar-refractivity contribution in [1.82, 2.24) is 0 Å². The number of benzene rings is 1. The van der Waals surface area contributed by atoms with Gasteiger partial charge in [-0.1, -0.05) is 18.2 Å². The van der Waals surface area contributed by atoms with E-state index in [0.717, 1.165) is 17.7 Å². The maximum absolute atomic E-state index is 12.2. The van der Waals surface area contributed by atoms with E-state index in [1.165, 1.54) is 0 Å². The highest BCUT2D eigenvalue weighted by Gasteiger charge is 2.30. The van der Waals surface area contributed by atoms with Gasteiger partial charge in [-0.25, -0.2) is 4.79 Å². The average Bonchev–Trinajstić information content (AvgIpc) is 2.25. The Morgan fingerprint density at radius 1 is 1.39 bits per heavy atom. The molecule has 18 heavy (non-hydrogen) atoms. The third-order valence-corrected chi connectivity index (χ3v) is 3.01. The lowest BCUT2D eigenvalue weighted by Crippen LogP contribution is -2.43. The Hall–Kier alpha value is -1.22. The van der Waals surface area contributed by atoms with Gasteiger partial charge in [0.15, 0.2) is 0 Å². The van der Waals surface area contributed by atoms with E-state index in [9.17, 15) is 4.79 Å². The molecule has 0 fully saturated rings. The van der Waals surface area contributed by atoms with E-state index in [1.54, 1.807) is 4.90 Å². The average molecular weight is 268 g/mol. The molecule has 1 aliphatic heterocycles. The molecule has 0 saturated carbocycles. The number of carbonyl (C=O) groups excluding carboxylic acids is 1. The van der Waals surface area contributed by atoms with Crippen LogP contribution in [0.25, 0.3) is 0 Å². The van der Waals surface area contributed by atoms with Crippen LogP contribution in [0.5, 0.6) is 0 Å². The molecule has 1 atom stereocenters. The Morgan fingerprint density at radius 3 is 2.72 bits per heavy atom. The normalized spacial score (nSPS) is 19.3. The number of hydrogen-bond donors (Lipinski definition) is 0. The Morgan fingerprint density at radius 2 is 2.06 bits per heavy atom. The highest BCUT2D eigenvalue weighted by atomic mass is 35.5. The van der Waals surface area contributed by atoms with Crippen molar-refractivity contribution in [2.75, 3.05) is 11.4 Å². The molecule has 1 aromatic rings. The number of ether oxygens (including phenoxy) is 1. The molecule has 1 amide bonds. The molecular weight excluding hydrogens is 250 g/mol. The first-order valence-corrected chi connectivity index (χ1v) is 6.53. The maximum atomic E-state index is 12.2. The predicted molar refractivity (Wildman–Crippen MR) is 73.4 cm³/mol. The van der Waals surface area contributed by atoms with E-state index in [2.05, 4.69) is 0 Å². The molecule has 0 N–H and O–H groups in total. The van der Waals surface area contributed by atoms with Gasteiger partial charge in [-0.3, -0.25) is 4.90 Å². The van der Waals surface area contributed by atoms with Crippen molar-refractivity contribution in [1.29, 1.82) is 0 Å². The van der Waals surface area contributed by atoms with Gasteiger partial charge in [0.25, 0.3) is 0 Å². The van der Waals surface area contributed by atoms with Gasteiger partial charge in [-0.15, -0.1) is 11.6 Å². The summed E-state index contributed by atoms with van der Waals surface area (Å²) in [5, 5.41) is -0.0626. The molecule has 0 radical (unpaired) electrons. The first-order chi connectivity index (χ1) is 8.37. The Bertz CT molecular complexity index is 453. The maximum Gasteiger partial charge on any atom is 0.414 e. The van der Waals surface area contributed by atoms with Gasteiger partial charge in [-0.2, -0.15) is 0 Å². The van der Waals surface area contributed by atoms with Crippen molar-refractivity contribution in [3.8, 4) is 0 Å². The van der Waals surface area contributed by atoms with E-state index in [1.807, 2.05) is 45.0 Å². The molecular formula is C14H18ClNO2. The Kier molecular flexibility index (Phi) is 3.53. The van der Waals surface area contributed by atoms with Gasteiger partial charge < -0.3 is 4.74 Å². The standard InChI is InChI=1S/C14H18ClNO2/c1-14(2,3)18-13(17)16-9-11(15)8-10-6-4-5-7-12(10)16/h4-7,11H,8-9H2,1-3H3. The number of alkyl halides is 1. The van der Waals surface area contributed by atoms with Crippen LogP contribution in [0.15, 0.2) is 24.3 Å². The van der Waals surface area contributed by atoms with Crippen LogP contribution in [0.1, 0.15) is 26.3 Å². The summed E-state index contributed by atoms with van der Waals surface area (Å²) < 4.78 is 5.41. The lowest BCUT2D eigenvalue weighted by Gasteiger charge is -2.33. The second kappa shape index (κ2) is 4.81. The van der Waals surface area contributed by atoms with Crippen LogP contribution < -0.4 is 4.90 Å². The highest BCUT2D eigenvalue weighted by molar-refractivity contribution is 6.21. The van der Waals surface area contributed by atoms with Crippen LogP contribution >= 0.6 is 11.6 Å². The fourth-order valence-electron chi connectivity index (χ4n) is 2.04. The van der Waals surface area contributed by atoms with Gasteiger partial charge in [0.2, 0.25) is 0 Å². The number of rotatable bonds is 0. The summed E-state index contributed by atoms with van der Waals surface area (Å²) in [5.74, 6) is 0. The van der Waals surface area contributed by atoms with Crippen LogP contribution in [0.2, 0.25) is 0 Å². The summed E-state index contributed by atoms with van der Waals surface area (Å²) in [6.07, 6.45) is 0.456. The minimum atomic E-state index is -0.495. The van der Waals surface area contributed by atoms with E-state index in [4.69, 9.17) is 16.3 Å². The van der Waals surface area contributed by atoms with Crippen molar-refractivity contribution in [3.05, 3.63) is 29.8 Å². The van der Waals surface area contributed by atoms with Crippen LogP contribution in [-0.2, 0) is 11.2 Å². The summed E-state index contributed by atoms with van der Waals surface area (Å²) in [6.45, 7) is 6.07. The molecule has 1 heterocycles. The minimum absolute atomic E-state index is 0.0626. The van der Waals surface area contributed by atoms with Crippen molar-refractivity contribution in [2.45, 2.75) is 38.2 Å². The number of fused-ring (bicyclic) bond motifs is 1. The molecule has 4 heteroatoms. The zero-order valence-electron chi connectivity index (χ0n) is 10.9. The third kappa shape index (κ3) is 2.96. The molecule has 1 aromatic carbocycles. The summed E-state index contributed by atoms with van der Waals surface area (Å²) in [5.41, 5.74) is 1.50. The number of para-hydroxylation sites is 1. The number of nitrogens with zero attached hydrogens (tertiary/aromatic N) is 1. The fourth-order valence-corrected chi connectivity index (χ4v) is 2.34. The first kappa shape index (κ1) is 13.2. The van der Waals surface area contributed by atoms with E-state index >= 15 is 0 Å². The summed E-state index contributed by atoms with van der Waals surface area (Å²) >= 11 is 6.20. The van der Waals surface area contributed by atoms with E-state index < -0.39 is 5.60 Å². The lowest BCUT2D eigenvalue weighted by atomic mass is 10.0. The predicted octanol–water partition coefficient (Wildman–Crippen LogP) is 3.59. The minimum Gasteiger partial charge on any atom is -0.443 e. The lowest BCUT2D eigenvalue weighted by molar-refractivity contribution is 0.0578. The van der Waals surface area contributed by atoms with Crippen molar-refractivity contribution < 1.29 is 9.53 Å². The summed E-state index contributed by atoms with van der Waals surface area (Å²) in [4.78, 5) is 13.8. The second-order valence-corrected chi connectivity index (χ2v) is 6.14. The molecule has 0 aromatic heterocycles. The molecule has 0 saturated heterocycles. The zero-order valence-corrected chi connectivity index (χ0v) is 11.7. The Balaban J connectivity index is 2.26. The van der Waals surface area contributed by atoms with Crippen molar-refractivity contribution in [3.63, 3.8) is 0 Å². The molecule has 1 aliphatic rings. The molecule has 2 rings (SSSR count).